The van der Waals surface area contributed by atoms with Crippen LogP contribution in [0.5, 0.6) is 5.75 Å². The minimum atomic E-state index is -1.04. The highest BCUT2D eigenvalue weighted by molar-refractivity contribution is 6.35. The number of hydrogen-bond acceptors (Lipinski definition) is 8. The van der Waals surface area contributed by atoms with Gasteiger partial charge in [0.15, 0.2) is 0 Å². The number of phenolic OH excluding ortho intramolecular Hbond substituents is 1. The highest BCUT2D eigenvalue weighted by Gasteiger charge is 2.24. The minimum absolute atomic E-state index is 0.0652. The number of phenols is 1. The molecule has 14 heteroatoms. The van der Waals surface area contributed by atoms with Crippen molar-refractivity contribution in [2.24, 2.45) is 10.7 Å². The number of esters is 1. The van der Waals surface area contributed by atoms with Crippen LogP contribution in [0, 0.1) is 0 Å². The Morgan fingerprint density at radius 3 is 2.47 bits per heavy atom. The van der Waals surface area contributed by atoms with Gasteiger partial charge in [-0.25, -0.2) is 9.79 Å². The molecular weight excluding hydrogens is 541 g/mol. The molecule has 2 aromatic carbocycles. The summed E-state index contributed by atoms with van der Waals surface area (Å²) >= 11 is 12.0. The van der Waals surface area contributed by atoms with E-state index in [9.17, 15) is 24.3 Å². The zero-order valence-corrected chi connectivity index (χ0v) is 22.1. The molecule has 12 nitrogen and oxygen atoms in total. The summed E-state index contributed by atoms with van der Waals surface area (Å²) in [6.07, 6.45) is -1.10. The number of amides is 3. The third-order valence-electron chi connectivity index (χ3n) is 4.72. The number of carbonyl (C=O) groups excluding carboxylic acids is 4. The van der Waals surface area contributed by atoms with Crippen LogP contribution in [0.1, 0.15) is 42.2 Å². The monoisotopic (exact) mass is 567 g/mol. The summed E-state index contributed by atoms with van der Waals surface area (Å²) in [5.74, 6) is -2.50. The number of carbonyl (C=O) groups is 4. The topological polar surface area (TPSA) is 181 Å². The van der Waals surface area contributed by atoms with Crippen molar-refractivity contribution in [2.75, 3.05) is 19.8 Å². The molecule has 0 aliphatic rings. The highest BCUT2D eigenvalue weighted by Crippen LogP contribution is 2.36. The summed E-state index contributed by atoms with van der Waals surface area (Å²) in [6, 6.07) is 7.59. The molecule has 38 heavy (non-hydrogen) atoms. The molecule has 0 spiro atoms. The van der Waals surface area contributed by atoms with Gasteiger partial charge in [0, 0.05) is 16.1 Å². The lowest BCUT2D eigenvalue weighted by Gasteiger charge is -2.20. The number of ether oxygens (including phenoxy) is 2. The van der Waals surface area contributed by atoms with Crippen molar-refractivity contribution in [1.82, 2.24) is 16.0 Å². The van der Waals surface area contributed by atoms with Gasteiger partial charge in [0.25, 0.3) is 5.91 Å². The Bertz CT molecular complexity index is 1220. The molecule has 0 aliphatic carbocycles. The summed E-state index contributed by atoms with van der Waals surface area (Å²) in [4.78, 5) is 52.8. The van der Waals surface area contributed by atoms with Crippen LogP contribution in [0.15, 0.2) is 41.4 Å². The first kappa shape index (κ1) is 30.2. The molecule has 2 aromatic rings. The van der Waals surface area contributed by atoms with Gasteiger partial charge in [-0.3, -0.25) is 19.7 Å². The van der Waals surface area contributed by atoms with Gasteiger partial charge in [-0.05, 0) is 44.2 Å². The Kier molecular flexibility index (Phi) is 11.6. The number of benzene rings is 2. The van der Waals surface area contributed by atoms with Gasteiger partial charge in [0.2, 0.25) is 11.9 Å². The van der Waals surface area contributed by atoms with E-state index in [0.29, 0.717) is 0 Å². The smallest absolute Gasteiger partial charge is 0.413 e. The third kappa shape index (κ3) is 9.45. The Morgan fingerprint density at radius 1 is 1.08 bits per heavy atom. The van der Waals surface area contributed by atoms with E-state index >= 15 is 0 Å². The second-order valence-corrected chi connectivity index (χ2v) is 8.37. The molecule has 0 aromatic heterocycles. The molecule has 0 saturated carbocycles. The van der Waals surface area contributed by atoms with Crippen LogP contribution in [-0.4, -0.2) is 54.7 Å². The SMILES string of the molecule is CCOC(=O)CC(NC(=O)CNC(=O)c1cccc(N=C(N)NC(=O)OCC)c1)c1cc(Cl)cc(Cl)c1O. The Balaban J connectivity index is 2.09. The molecule has 0 fully saturated rings. The molecule has 0 heterocycles. The van der Waals surface area contributed by atoms with Gasteiger partial charge in [0.1, 0.15) is 5.75 Å². The number of halogens is 2. The summed E-state index contributed by atoms with van der Waals surface area (Å²) in [7, 11) is 0. The van der Waals surface area contributed by atoms with Gasteiger partial charge in [-0.1, -0.05) is 29.3 Å². The van der Waals surface area contributed by atoms with E-state index < -0.39 is 36.5 Å². The molecule has 2 rings (SSSR count). The van der Waals surface area contributed by atoms with Gasteiger partial charge in [-0.15, -0.1) is 0 Å². The lowest BCUT2D eigenvalue weighted by Crippen LogP contribution is -2.39. The summed E-state index contributed by atoms with van der Waals surface area (Å²) in [6.45, 7) is 3.06. The van der Waals surface area contributed by atoms with Crippen LogP contribution in [0.3, 0.4) is 0 Å². The van der Waals surface area contributed by atoms with E-state index in [2.05, 4.69) is 20.9 Å². The van der Waals surface area contributed by atoms with Crippen LogP contribution in [-0.2, 0) is 19.1 Å². The van der Waals surface area contributed by atoms with E-state index in [1.54, 1.807) is 19.9 Å². The van der Waals surface area contributed by atoms with Gasteiger partial charge < -0.3 is 30.9 Å². The van der Waals surface area contributed by atoms with Gasteiger partial charge >= 0.3 is 12.1 Å². The number of rotatable bonds is 10. The van der Waals surface area contributed by atoms with Gasteiger partial charge in [-0.2, -0.15) is 0 Å². The number of aromatic hydroxyl groups is 1. The van der Waals surface area contributed by atoms with E-state index in [1.807, 2.05) is 0 Å². The lowest BCUT2D eigenvalue weighted by atomic mass is 10.0. The summed E-state index contributed by atoms with van der Waals surface area (Å²) in [5.41, 5.74) is 6.18. The van der Waals surface area contributed by atoms with E-state index in [0.717, 1.165) is 0 Å². The minimum Gasteiger partial charge on any atom is -0.506 e. The summed E-state index contributed by atoms with van der Waals surface area (Å²) in [5, 5.41) is 17.7. The maximum atomic E-state index is 12.6. The first-order chi connectivity index (χ1) is 18.0. The van der Waals surface area contributed by atoms with Crippen LogP contribution in [0.2, 0.25) is 10.0 Å². The van der Waals surface area contributed by atoms with E-state index in [-0.39, 0.29) is 58.2 Å². The van der Waals surface area contributed by atoms with Crippen molar-refractivity contribution in [2.45, 2.75) is 26.3 Å². The van der Waals surface area contributed by atoms with Crippen molar-refractivity contribution in [3.05, 3.63) is 57.6 Å². The molecule has 204 valence electrons. The molecule has 6 N–H and O–H groups in total. The van der Waals surface area contributed by atoms with Crippen molar-refractivity contribution >= 4 is 58.7 Å². The zero-order valence-electron chi connectivity index (χ0n) is 20.5. The fourth-order valence-electron chi connectivity index (χ4n) is 3.14. The van der Waals surface area contributed by atoms with Crippen molar-refractivity contribution in [1.29, 1.82) is 0 Å². The molecule has 0 saturated heterocycles. The highest BCUT2D eigenvalue weighted by atomic mass is 35.5. The number of alkyl carbamates (subject to hydrolysis) is 1. The number of guanidine groups is 1. The van der Waals surface area contributed by atoms with E-state index in [1.165, 1.54) is 30.3 Å². The molecule has 0 bridgehead atoms. The normalized spacial score (nSPS) is 11.7. The van der Waals surface area contributed by atoms with E-state index in [4.69, 9.17) is 38.4 Å². The van der Waals surface area contributed by atoms with Crippen molar-refractivity contribution in [3.63, 3.8) is 0 Å². The zero-order chi connectivity index (χ0) is 28.2. The Labute approximate surface area is 228 Å². The fraction of sp³-hybridized carbons (Fsp3) is 0.292. The Morgan fingerprint density at radius 2 is 1.79 bits per heavy atom. The predicted molar refractivity (Wildman–Crippen MR) is 140 cm³/mol. The first-order valence-corrected chi connectivity index (χ1v) is 12.1. The average molecular weight is 568 g/mol. The molecule has 3 amide bonds. The van der Waals surface area contributed by atoms with Crippen LogP contribution in [0.25, 0.3) is 0 Å². The van der Waals surface area contributed by atoms with Crippen molar-refractivity contribution < 1.29 is 33.8 Å². The maximum absolute atomic E-state index is 12.6. The lowest BCUT2D eigenvalue weighted by molar-refractivity contribution is -0.143. The average Bonchev–Trinajstić information content (AvgIpc) is 2.84. The predicted octanol–water partition coefficient (Wildman–Crippen LogP) is 2.93. The fourth-order valence-corrected chi connectivity index (χ4v) is 3.65. The first-order valence-electron chi connectivity index (χ1n) is 11.3. The molecule has 1 unspecified atom stereocenters. The van der Waals surface area contributed by atoms with Gasteiger partial charge in [0.05, 0.1) is 42.9 Å². The quantitative estimate of drug-likeness (QED) is 0.165. The second kappa shape index (κ2) is 14.6. The maximum Gasteiger partial charge on any atom is 0.413 e. The standard InChI is InChI=1S/C24H27Cl2N5O7/c1-3-37-20(33)11-18(16-9-14(25)10-17(26)21(16)34)30-19(32)12-28-22(35)13-6-5-7-15(8-13)29-23(27)31-24(36)38-4-2/h5-10,18,34H,3-4,11-12H2,1-2H3,(H,28,35)(H,30,32)(H3,27,29,31,36). The molecular formula is C24H27Cl2N5O7. The number of aliphatic imine (C=N–C) groups is 1. The van der Waals surface area contributed by atoms with Crippen LogP contribution >= 0.6 is 23.2 Å². The molecule has 0 radical (unpaired) electrons. The Hall–Kier alpha value is -4.03. The largest absolute Gasteiger partial charge is 0.506 e. The summed E-state index contributed by atoms with van der Waals surface area (Å²) < 4.78 is 9.65. The molecule has 1 atom stereocenters. The van der Waals surface area contributed by atoms with Crippen molar-refractivity contribution in [3.8, 4) is 5.75 Å². The third-order valence-corrected chi connectivity index (χ3v) is 5.22. The second-order valence-electron chi connectivity index (χ2n) is 7.53. The number of hydrogen-bond donors (Lipinski definition) is 5. The van der Waals surface area contributed by atoms with Crippen LogP contribution in [0.4, 0.5) is 10.5 Å². The van der Waals surface area contributed by atoms with Crippen LogP contribution < -0.4 is 21.7 Å². The molecule has 0 aliphatic heterocycles. The number of nitrogens with zero attached hydrogens (tertiary/aromatic N) is 1. The number of nitrogens with one attached hydrogen (secondary N) is 3. The number of nitrogens with two attached hydrogens (primary N) is 1.